The Morgan fingerprint density at radius 3 is 2.08 bits per heavy atom. The van der Waals surface area contributed by atoms with Crippen LogP contribution in [0.3, 0.4) is 0 Å². The average Bonchev–Trinajstić information content (AvgIpc) is 3.35. The van der Waals surface area contributed by atoms with Gasteiger partial charge in [-0.25, -0.2) is 4.68 Å². The van der Waals surface area contributed by atoms with Gasteiger partial charge in [0, 0.05) is 18.4 Å². The van der Waals surface area contributed by atoms with Gasteiger partial charge in [-0.05, 0) is 67.7 Å². The molecule has 1 saturated heterocycles. The lowest BCUT2D eigenvalue weighted by molar-refractivity contribution is 0.263. The highest BCUT2D eigenvalue weighted by Gasteiger charge is 2.19. The molecule has 3 heteroatoms. The van der Waals surface area contributed by atoms with Gasteiger partial charge in [-0.1, -0.05) is 36.4 Å². The zero-order valence-corrected chi connectivity index (χ0v) is 14.1. The molecule has 1 fully saturated rings. The number of nitrogens with zero attached hydrogens (tertiary/aromatic N) is 3. The Bertz CT molecular complexity index is 767. The number of hydrogen-bond acceptors (Lipinski definition) is 2. The molecule has 3 nitrogen and oxygen atoms in total. The Morgan fingerprint density at radius 1 is 0.875 bits per heavy atom. The van der Waals surface area contributed by atoms with Gasteiger partial charge in [0.05, 0.1) is 5.69 Å². The molecule has 0 amide bonds. The summed E-state index contributed by atoms with van der Waals surface area (Å²) in [6.07, 6.45) is 6.44. The smallest absolute Gasteiger partial charge is 0.0645 e. The summed E-state index contributed by atoms with van der Waals surface area (Å²) >= 11 is 0. The summed E-state index contributed by atoms with van der Waals surface area (Å²) in [5.74, 6) is 0. The lowest BCUT2D eigenvalue weighted by Gasteiger charge is -2.24. The van der Waals surface area contributed by atoms with Crippen LogP contribution in [-0.4, -0.2) is 27.8 Å². The molecule has 0 radical (unpaired) electrons. The quantitative estimate of drug-likeness (QED) is 0.695. The van der Waals surface area contributed by atoms with Crippen molar-refractivity contribution in [3.05, 3.63) is 72.6 Å². The topological polar surface area (TPSA) is 21.1 Å². The Kier molecular flexibility index (Phi) is 4.18. The first-order chi connectivity index (χ1) is 11.8. The lowest BCUT2D eigenvalue weighted by Crippen LogP contribution is -2.23. The summed E-state index contributed by atoms with van der Waals surface area (Å²) in [4.78, 5) is 2.58. The number of benzene rings is 2. The summed E-state index contributed by atoms with van der Waals surface area (Å²) in [6.45, 7) is 4.79. The summed E-state index contributed by atoms with van der Waals surface area (Å²) in [5, 5.41) is 4.27. The maximum absolute atomic E-state index is 4.27. The minimum absolute atomic E-state index is 0.517. The molecule has 24 heavy (non-hydrogen) atoms. The second-order valence-corrected chi connectivity index (χ2v) is 6.54. The van der Waals surface area contributed by atoms with Crippen LogP contribution in [0.4, 0.5) is 0 Å². The molecule has 0 bridgehead atoms. The molecule has 1 aliphatic heterocycles. The molecular weight excluding hydrogens is 294 g/mol. The predicted molar refractivity (Wildman–Crippen MR) is 98.2 cm³/mol. The largest absolute Gasteiger partial charge is 0.297 e. The first-order valence-corrected chi connectivity index (χ1v) is 8.76. The molecule has 0 aliphatic carbocycles. The minimum atomic E-state index is 0.517. The zero-order valence-electron chi connectivity index (χ0n) is 14.1. The van der Waals surface area contributed by atoms with E-state index < -0.39 is 0 Å². The Hall–Kier alpha value is -2.39. The van der Waals surface area contributed by atoms with Crippen LogP contribution in [0.2, 0.25) is 0 Å². The van der Waals surface area contributed by atoms with Gasteiger partial charge in [0.2, 0.25) is 0 Å². The Labute approximate surface area is 143 Å². The highest BCUT2D eigenvalue weighted by atomic mass is 15.3. The van der Waals surface area contributed by atoms with Crippen LogP contribution in [0.1, 0.15) is 31.4 Å². The predicted octanol–water partition coefficient (Wildman–Crippen LogP) is 4.70. The molecule has 0 N–H and O–H groups in total. The van der Waals surface area contributed by atoms with Crippen LogP contribution in [0.25, 0.3) is 16.8 Å². The van der Waals surface area contributed by atoms with E-state index in [0.29, 0.717) is 6.04 Å². The van der Waals surface area contributed by atoms with Crippen LogP contribution in [-0.2, 0) is 0 Å². The van der Waals surface area contributed by atoms with E-state index in [4.69, 9.17) is 0 Å². The third-order valence-corrected chi connectivity index (χ3v) is 5.05. The van der Waals surface area contributed by atoms with Gasteiger partial charge in [-0.15, -0.1) is 0 Å². The molecule has 0 spiro atoms. The van der Waals surface area contributed by atoms with Gasteiger partial charge in [0.25, 0.3) is 0 Å². The summed E-state index contributed by atoms with van der Waals surface area (Å²) < 4.78 is 1.88. The molecule has 1 aromatic heterocycles. The lowest BCUT2D eigenvalue weighted by atomic mass is 10.0. The van der Waals surface area contributed by atoms with Crippen molar-refractivity contribution in [3.63, 3.8) is 0 Å². The summed E-state index contributed by atoms with van der Waals surface area (Å²) in [6, 6.07) is 20.0. The van der Waals surface area contributed by atoms with Crippen molar-refractivity contribution in [2.24, 2.45) is 0 Å². The van der Waals surface area contributed by atoms with E-state index >= 15 is 0 Å². The van der Waals surface area contributed by atoms with E-state index in [1.165, 1.54) is 42.6 Å². The van der Waals surface area contributed by atoms with Gasteiger partial charge in [-0.3, -0.25) is 4.90 Å². The first kappa shape index (κ1) is 15.2. The molecule has 2 aromatic carbocycles. The van der Waals surface area contributed by atoms with E-state index in [1.807, 2.05) is 16.9 Å². The van der Waals surface area contributed by atoms with Crippen LogP contribution in [0.15, 0.2) is 67.0 Å². The van der Waals surface area contributed by atoms with Crippen molar-refractivity contribution >= 4 is 0 Å². The van der Waals surface area contributed by atoms with Gasteiger partial charge < -0.3 is 0 Å². The molecule has 0 saturated carbocycles. The molecule has 1 unspecified atom stereocenters. The first-order valence-electron chi connectivity index (χ1n) is 8.76. The molecule has 1 aliphatic rings. The van der Waals surface area contributed by atoms with Crippen molar-refractivity contribution in [2.45, 2.75) is 25.8 Å². The SMILES string of the molecule is CC(c1ccc(-c2ccc(-n3cccn3)cc2)cc1)N1CCCC1. The van der Waals surface area contributed by atoms with E-state index in [2.05, 4.69) is 65.5 Å². The van der Waals surface area contributed by atoms with Crippen molar-refractivity contribution < 1.29 is 0 Å². The van der Waals surface area contributed by atoms with Crippen molar-refractivity contribution in [2.75, 3.05) is 13.1 Å². The second-order valence-electron chi connectivity index (χ2n) is 6.54. The average molecular weight is 317 g/mol. The Morgan fingerprint density at radius 2 is 1.50 bits per heavy atom. The molecule has 1 atom stereocenters. The number of hydrogen-bond donors (Lipinski definition) is 0. The van der Waals surface area contributed by atoms with Gasteiger partial charge in [0.1, 0.15) is 0 Å². The minimum Gasteiger partial charge on any atom is -0.297 e. The maximum Gasteiger partial charge on any atom is 0.0645 e. The van der Waals surface area contributed by atoms with Crippen LogP contribution in [0, 0.1) is 0 Å². The molecule has 4 rings (SSSR count). The fourth-order valence-electron chi connectivity index (χ4n) is 3.52. The number of likely N-dealkylation sites (tertiary alicyclic amines) is 1. The van der Waals surface area contributed by atoms with Crippen LogP contribution in [0.5, 0.6) is 0 Å². The third kappa shape index (κ3) is 3.00. The van der Waals surface area contributed by atoms with E-state index in [9.17, 15) is 0 Å². The highest BCUT2D eigenvalue weighted by Crippen LogP contribution is 2.27. The molecule has 3 aromatic rings. The van der Waals surface area contributed by atoms with Crippen molar-refractivity contribution in [3.8, 4) is 16.8 Å². The maximum atomic E-state index is 4.27. The second kappa shape index (κ2) is 6.62. The summed E-state index contributed by atoms with van der Waals surface area (Å²) in [5.41, 5.74) is 5.00. The Balaban J connectivity index is 1.52. The standard InChI is InChI=1S/C21H23N3/c1-17(23-14-2-3-15-23)18-5-7-19(8-6-18)20-9-11-21(12-10-20)24-16-4-13-22-24/h4-13,16-17H,2-3,14-15H2,1H3. The van der Waals surface area contributed by atoms with Gasteiger partial charge in [-0.2, -0.15) is 5.10 Å². The fraction of sp³-hybridized carbons (Fsp3) is 0.286. The monoisotopic (exact) mass is 317 g/mol. The van der Waals surface area contributed by atoms with Crippen LogP contribution < -0.4 is 0 Å². The highest BCUT2D eigenvalue weighted by molar-refractivity contribution is 5.65. The molecular formula is C21H23N3. The third-order valence-electron chi connectivity index (χ3n) is 5.05. The zero-order chi connectivity index (χ0) is 16.4. The van der Waals surface area contributed by atoms with Crippen molar-refractivity contribution in [1.29, 1.82) is 0 Å². The van der Waals surface area contributed by atoms with Crippen LogP contribution >= 0.6 is 0 Å². The molecule has 122 valence electrons. The van der Waals surface area contributed by atoms with Gasteiger partial charge in [0.15, 0.2) is 0 Å². The fourth-order valence-corrected chi connectivity index (χ4v) is 3.52. The molecule has 2 heterocycles. The normalized spacial score (nSPS) is 16.4. The van der Waals surface area contributed by atoms with Gasteiger partial charge >= 0.3 is 0 Å². The number of aromatic nitrogens is 2. The van der Waals surface area contributed by atoms with E-state index in [1.54, 1.807) is 6.20 Å². The number of rotatable bonds is 4. The summed E-state index contributed by atoms with van der Waals surface area (Å²) in [7, 11) is 0. The van der Waals surface area contributed by atoms with E-state index in [-0.39, 0.29) is 0 Å². The van der Waals surface area contributed by atoms with E-state index in [0.717, 1.165) is 5.69 Å². The van der Waals surface area contributed by atoms with Crippen molar-refractivity contribution in [1.82, 2.24) is 14.7 Å².